The zero-order valence-corrected chi connectivity index (χ0v) is 11.1. The van der Waals surface area contributed by atoms with Gasteiger partial charge in [0.1, 0.15) is 5.82 Å². The minimum Gasteiger partial charge on any atom is -0.385 e. The number of nitrogens with zero attached hydrogens (tertiary/aromatic N) is 4. The molecule has 0 amide bonds. The average molecular weight is 286 g/mol. The largest absolute Gasteiger partial charge is 0.385 e. The maximum atomic E-state index is 12.1. The third-order valence-corrected chi connectivity index (χ3v) is 2.83. The van der Waals surface area contributed by atoms with E-state index in [1.807, 2.05) is 0 Å². The molecule has 0 unspecified atom stereocenters. The van der Waals surface area contributed by atoms with Crippen LogP contribution in [0.1, 0.15) is 15.9 Å². The van der Waals surface area contributed by atoms with Gasteiger partial charge in [0.2, 0.25) is 0 Å². The predicted molar refractivity (Wildman–Crippen MR) is 77.1 cm³/mol. The van der Waals surface area contributed by atoms with Crippen LogP contribution in [0.25, 0.3) is 10.4 Å². The van der Waals surface area contributed by atoms with Crippen molar-refractivity contribution >= 4 is 29.5 Å². The fourth-order valence-corrected chi connectivity index (χ4v) is 1.78. The Bertz CT molecular complexity index is 745. The molecule has 1 aromatic carbocycles. The summed E-state index contributed by atoms with van der Waals surface area (Å²) in [5.74, 6) is 0.223. The Morgan fingerprint density at radius 1 is 1.45 bits per heavy atom. The number of azide groups is 1. The average Bonchev–Trinajstić information content (AvgIpc) is 2.43. The molecule has 7 nitrogen and oxygen atoms in total. The van der Waals surface area contributed by atoms with Gasteiger partial charge in [0.25, 0.3) is 0 Å². The minimum atomic E-state index is -0.114. The number of nitrogens with two attached hydrogens (primary N) is 1. The lowest BCUT2D eigenvalue weighted by molar-refractivity contribution is 0.0993. The molecule has 8 heteroatoms. The van der Waals surface area contributed by atoms with Crippen molar-refractivity contribution in [3.63, 3.8) is 0 Å². The number of nitrogens with one attached hydrogen (secondary N) is 1. The zero-order valence-electron chi connectivity index (χ0n) is 10.3. The van der Waals surface area contributed by atoms with Crippen LogP contribution in [0.4, 0.5) is 11.5 Å². The SMILES string of the molecule is [N-]=[N+]=Nc1ccc(C(=O)Cc2cnc(=S)[nH]c2N)cc1. The van der Waals surface area contributed by atoms with Gasteiger partial charge in [-0.05, 0) is 17.7 Å². The Kier molecular flexibility index (Phi) is 4.09. The summed E-state index contributed by atoms with van der Waals surface area (Å²) in [6.45, 7) is 0. The third kappa shape index (κ3) is 3.19. The summed E-state index contributed by atoms with van der Waals surface area (Å²) in [5, 5.41) is 3.44. The van der Waals surface area contributed by atoms with Crippen molar-refractivity contribution < 1.29 is 4.79 Å². The van der Waals surface area contributed by atoms with E-state index in [-0.39, 0.29) is 17.0 Å². The molecule has 0 aliphatic rings. The van der Waals surface area contributed by atoms with Gasteiger partial charge in [-0.1, -0.05) is 29.4 Å². The summed E-state index contributed by atoms with van der Waals surface area (Å²) < 4.78 is 0.275. The lowest BCUT2D eigenvalue weighted by Crippen LogP contribution is -2.07. The lowest BCUT2D eigenvalue weighted by atomic mass is 10.0. The van der Waals surface area contributed by atoms with E-state index in [1.165, 1.54) is 6.20 Å². The number of carbonyl (C=O) groups is 1. The van der Waals surface area contributed by atoms with Crippen LogP contribution < -0.4 is 5.73 Å². The molecule has 0 saturated heterocycles. The highest BCUT2D eigenvalue weighted by atomic mass is 32.1. The van der Waals surface area contributed by atoms with Crippen molar-refractivity contribution in [3.8, 4) is 0 Å². The van der Waals surface area contributed by atoms with Gasteiger partial charge in [-0.2, -0.15) is 0 Å². The van der Waals surface area contributed by atoms with Crippen LogP contribution in [0.15, 0.2) is 35.6 Å². The molecule has 100 valence electrons. The van der Waals surface area contributed by atoms with Gasteiger partial charge in [-0.3, -0.25) is 4.79 Å². The highest BCUT2D eigenvalue weighted by Gasteiger charge is 2.09. The molecule has 0 spiro atoms. The number of carbonyl (C=O) groups excluding carboxylic acids is 1. The second-order valence-electron chi connectivity index (χ2n) is 3.96. The number of aromatic amines is 1. The second-order valence-corrected chi connectivity index (χ2v) is 4.35. The summed E-state index contributed by atoms with van der Waals surface area (Å²) in [6.07, 6.45) is 1.60. The van der Waals surface area contributed by atoms with E-state index in [9.17, 15) is 4.79 Å². The molecule has 0 saturated carbocycles. The Balaban J connectivity index is 2.19. The molecule has 0 fully saturated rings. The first-order valence-electron chi connectivity index (χ1n) is 5.62. The maximum Gasteiger partial charge on any atom is 0.198 e. The second kappa shape index (κ2) is 5.96. The number of hydrogen-bond donors (Lipinski definition) is 2. The number of H-pyrrole nitrogens is 1. The zero-order chi connectivity index (χ0) is 14.5. The third-order valence-electron chi connectivity index (χ3n) is 2.63. The summed E-state index contributed by atoms with van der Waals surface area (Å²) >= 11 is 4.83. The number of rotatable bonds is 4. The topological polar surface area (TPSA) is 121 Å². The first-order valence-corrected chi connectivity index (χ1v) is 6.03. The molecule has 0 bridgehead atoms. The highest BCUT2D eigenvalue weighted by Crippen LogP contribution is 2.16. The minimum absolute atomic E-state index is 0.114. The summed E-state index contributed by atoms with van der Waals surface area (Å²) in [4.78, 5) is 21.4. The molecule has 2 aromatic rings. The smallest absolute Gasteiger partial charge is 0.198 e. The van der Waals surface area contributed by atoms with E-state index in [1.54, 1.807) is 24.3 Å². The van der Waals surface area contributed by atoms with Crippen molar-refractivity contribution in [1.82, 2.24) is 9.97 Å². The number of benzene rings is 1. The number of hydrogen-bond acceptors (Lipinski definition) is 5. The predicted octanol–water partition coefficient (Wildman–Crippen LogP) is 3.09. The monoisotopic (exact) mass is 286 g/mol. The van der Waals surface area contributed by atoms with Gasteiger partial charge < -0.3 is 10.7 Å². The summed E-state index contributed by atoms with van der Waals surface area (Å²) in [5.41, 5.74) is 15.6. The fourth-order valence-electron chi connectivity index (χ4n) is 1.62. The van der Waals surface area contributed by atoms with Crippen LogP contribution >= 0.6 is 12.2 Å². The van der Waals surface area contributed by atoms with E-state index in [2.05, 4.69) is 20.0 Å². The van der Waals surface area contributed by atoms with Crippen LogP contribution in [0.2, 0.25) is 0 Å². The van der Waals surface area contributed by atoms with Crippen LogP contribution in [-0.4, -0.2) is 15.8 Å². The van der Waals surface area contributed by atoms with E-state index < -0.39 is 0 Å². The normalized spacial score (nSPS) is 9.80. The molecule has 0 aliphatic carbocycles. The van der Waals surface area contributed by atoms with Crippen molar-refractivity contribution in [2.45, 2.75) is 6.42 Å². The summed E-state index contributed by atoms with van der Waals surface area (Å²) in [6, 6.07) is 6.35. The molecule has 1 aromatic heterocycles. The quantitative estimate of drug-likeness (QED) is 0.295. The number of anilines is 1. The number of nitrogen functional groups attached to an aromatic ring is 1. The first-order chi connectivity index (χ1) is 9.60. The number of aromatic nitrogens is 2. The highest BCUT2D eigenvalue weighted by molar-refractivity contribution is 7.71. The molecular formula is C12H10N6OS. The van der Waals surface area contributed by atoms with E-state index in [4.69, 9.17) is 23.5 Å². The molecule has 0 radical (unpaired) electrons. The molecule has 20 heavy (non-hydrogen) atoms. The van der Waals surface area contributed by atoms with Crippen molar-refractivity contribution in [2.24, 2.45) is 5.11 Å². The van der Waals surface area contributed by atoms with E-state index in [0.717, 1.165) is 0 Å². The van der Waals surface area contributed by atoms with Gasteiger partial charge in [0, 0.05) is 34.3 Å². The van der Waals surface area contributed by atoms with Crippen molar-refractivity contribution in [3.05, 3.63) is 56.8 Å². The van der Waals surface area contributed by atoms with Crippen LogP contribution in [0.5, 0.6) is 0 Å². The molecule has 0 atom stereocenters. The van der Waals surface area contributed by atoms with Gasteiger partial charge in [-0.15, -0.1) is 0 Å². The van der Waals surface area contributed by atoms with E-state index >= 15 is 0 Å². The van der Waals surface area contributed by atoms with Crippen molar-refractivity contribution in [2.75, 3.05) is 5.73 Å². The van der Waals surface area contributed by atoms with Crippen LogP contribution in [-0.2, 0) is 6.42 Å². The van der Waals surface area contributed by atoms with Gasteiger partial charge in [-0.25, -0.2) is 4.98 Å². The van der Waals surface area contributed by atoms with E-state index in [0.29, 0.717) is 22.6 Å². The lowest BCUT2D eigenvalue weighted by Gasteiger charge is -2.04. The van der Waals surface area contributed by atoms with Gasteiger partial charge in [0.15, 0.2) is 10.6 Å². The molecule has 1 heterocycles. The standard InChI is InChI=1S/C12H10N6OS/c13-11-8(6-15-12(20)16-11)5-10(19)7-1-3-9(4-2-7)17-18-14/h1-4,6H,5H2,(H3,13,15,16,20). The van der Waals surface area contributed by atoms with Gasteiger partial charge in [0.05, 0.1) is 0 Å². The number of Topliss-reactive ketones (excluding diaryl/α,β-unsaturated/α-hetero) is 1. The van der Waals surface area contributed by atoms with Crippen molar-refractivity contribution in [1.29, 1.82) is 0 Å². The Hall–Kier alpha value is -2.70. The first kappa shape index (κ1) is 13.7. The number of ketones is 1. The summed E-state index contributed by atoms with van der Waals surface area (Å²) in [7, 11) is 0. The van der Waals surface area contributed by atoms with Gasteiger partial charge >= 0.3 is 0 Å². The Morgan fingerprint density at radius 2 is 2.15 bits per heavy atom. The molecule has 2 rings (SSSR count). The molecule has 0 aliphatic heterocycles. The molecule has 3 N–H and O–H groups in total. The Labute approximate surface area is 119 Å². The molecular weight excluding hydrogens is 276 g/mol. The maximum absolute atomic E-state index is 12.1. The fraction of sp³-hybridized carbons (Fsp3) is 0.0833. The Morgan fingerprint density at radius 3 is 2.75 bits per heavy atom. The van der Waals surface area contributed by atoms with Crippen LogP contribution in [0.3, 0.4) is 0 Å². The van der Waals surface area contributed by atoms with Crippen LogP contribution in [0, 0.1) is 4.77 Å².